The van der Waals surface area contributed by atoms with Gasteiger partial charge in [0.05, 0.1) is 33.8 Å². The molecule has 3 aromatic rings. The molecule has 0 spiro atoms. The topological polar surface area (TPSA) is 160 Å². The number of hydrogen-bond acceptors (Lipinski definition) is 10. The molecule has 16 heteroatoms. The zero-order valence-electron chi connectivity index (χ0n) is 28.1. The number of nitrogens with two attached hydrogens (primary N) is 1. The number of carboxylic acids is 1. The molecule has 1 aromatic heterocycles. The van der Waals surface area contributed by atoms with Crippen LogP contribution in [0.15, 0.2) is 47.5 Å². The predicted molar refractivity (Wildman–Crippen MR) is 185 cm³/mol. The molecule has 0 amide bonds. The van der Waals surface area contributed by atoms with Gasteiger partial charge in [0.15, 0.2) is 15.7 Å². The van der Waals surface area contributed by atoms with Crippen LogP contribution in [0.25, 0.3) is 0 Å². The first-order valence-electron chi connectivity index (χ1n) is 15.9. The van der Waals surface area contributed by atoms with Crippen LogP contribution >= 0.6 is 11.6 Å². The number of carboxylic acid groups (broad SMARTS) is 1. The van der Waals surface area contributed by atoms with E-state index in [9.17, 15) is 21.6 Å². The molecule has 270 valence electrons. The molecule has 1 aliphatic heterocycles. The van der Waals surface area contributed by atoms with Gasteiger partial charge in [0.1, 0.15) is 10.8 Å². The number of anilines is 4. The van der Waals surface area contributed by atoms with Crippen molar-refractivity contribution in [3.05, 3.63) is 58.7 Å². The summed E-state index contributed by atoms with van der Waals surface area (Å²) in [7, 11) is -3.53. The van der Waals surface area contributed by atoms with Crippen molar-refractivity contribution in [1.29, 1.82) is 0 Å². The van der Waals surface area contributed by atoms with Gasteiger partial charge in [-0.25, -0.2) is 18.2 Å². The van der Waals surface area contributed by atoms with Crippen LogP contribution in [0.5, 0.6) is 5.75 Å². The first-order chi connectivity index (χ1) is 22.9. The van der Waals surface area contributed by atoms with Crippen molar-refractivity contribution in [2.45, 2.75) is 82.2 Å². The molecule has 0 atom stereocenters. The number of nitrogens with one attached hydrogen (secondary N) is 2. The molecule has 0 bridgehead atoms. The first kappa shape index (κ1) is 39.8. The number of ether oxygens (including phenoxy) is 1. The summed E-state index contributed by atoms with van der Waals surface area (Å²) in [5.74, 6) is -0.959. The molecule has 11 nitrogen and oxygen atoms in total. The second-order valence-electron chi connectivity index (χ2n) is 12.2. The van der Waals surface area contributed by atoms with Crippen molar-refractivity contribution in [1.82, 2.24) is 14.9 Å². The highest BCUT2D eigenvalue weighted by Crippen LogP contribution is 2.38. The number of carbonyl (C=O) groups is 1. The van der Waals surface area contributed by atoms with E-state index in [1.807, 2.05) is 13.8 Å². The Morgan fingerprint density at radius 3 is 2.33 bits per heavy atom. The summed E-state index contributed by atoms with van der Waals surface area (Å²) in [5.41, 5.74) is 9.33. The Kier molecular flexibility index (Phi) is 14.1. The highest BCUT2D eigenvalue weighted by molar-refractivity contribution is 7.92. The average molecular weight is 729 g/mol. The smallest absolute Gasteiger partial charge is 0.489 e. The van der Waals surface area contributed by atoms with E-state index in [4.69, 9.17) is 32.0 Å². The lowest BCUT2D eigenvalue weighted by atomic mass is 9.86. The van der Waals surface area contributed by atoms with Crippen LogP contribution in [-0.2, 0) is 14.6 Å². The molecule has 4 rings (SSSR count). The minimum absolute atomic E-state index is 0.0259. The lowest BCUT2D eigenvalue weighted by molar-refractivity contribution is -0.192. The number of rotatable bonds is 12. The monoisotopic (exact) mass is 728 g/mol. The summed E-state index contributed by atoms with van der Waals surface area (Å²) < 4.78 is 63.9. The number of aromatic nitrogens is 2. The van der Waals surface area contributed by atoms with Crippen LogP contribution in [0.3, 0.4) is 0 Å². The maximum atomic E-state index is 13.0. The van der Waals surface area contributed by atoms with Crippen molar-refractivity contribution in [2.24, 2.45) is 5.73 Å². The summed E-state index contributed by atoms with van der Waals surface area (Å²) in [6, 6.07) is 11.0. The third kappa shape index (κ3) is 11.2. The normalized spacial score (nSPS) is 14.4. The van der Waals surface area contributed by atoms with Gasteiger partial charge in [-0.2, -0.15) is 18.2 Å². The van der Waals surface area contributed by atoms with Crippen molar-refractivity contribution >= 4 is 50.5 Å². The van der Waals surface area contributed by atoms with Gasteiger partial charge in [0.2, 0.25) is 5.95 Å². The SMILES string of the molecule is Cc1cc(Nc2ncc(Cl)c(Nc3ccccc3S(=O)(=O)C(C)C)n2)c(OC(C)C)cc1C1CCN(CCCN)CC1.O=C(O)C(F)(F)F. The minimum atomic E-state index is -5.08. The number of aliphatic carboxylic acids is 1. The predicted octanol–water partition coefficient (Wildman–Crippen LogP) is 7.06. The fraction of sp³-hybridized carbons (Fsp3) is 0.485. The number of benzene rings is 2. The standard InChI is InChI=1S/C31H43ClN6O3S.C2HF3O2/c1-20(2)41-28-18-24(23-11-15-38(16-12-23)14-8-13-33)22(5)17-27(28)36-31-34-19-25(32)30(37-31)35-26-9-6-7-10-29(26)42(39,40)21(3)4;3-2(4,5)1(6)7/h6-7,9-10,17-21,23H,8,11-16,33H2,1-5H3,(H2,34,35,36,37);(H,6,7). The number of piperidine rings is 1. The Morgan fingerprint density at radius 2 is 1.76 bits per heavy atom. The van der Waals surface area contributed by atoms with Crippen molar-refractivity contribution in [3.63, 3.8) is 0 Å². The number of para-hydroxylation sites is 1. The van der Waals surface area contributed by atoms with Crippen LogP contribution in [-0.4, -0.2) is 78.1 Å². The van der Waals surface area contributed by atoms with Gasteiger partial charge in [-0.3, -0.25) is 0 Å². The van der Waals surface area contributed by atoms with Crippen LogP contribution in [0.2, 0.25) is 5.02 Å². The number of sulfone groups is 1. The van der Waals surface area contributed by atoms with Gasteiger partial charge in [-0.1, -0.05) is 23.7 Å². The maximum absolute atomic E-state index is 13.0. The van der Waals surface area contributed by atoms with Crippen LogP contribution in [0.4, 0.5) is 36.3 Å². The first-order valence-corrected chi connectivity index (χ1v) is 17.8. The Morgan fingerprint density at radius 1 is 1.12 bits per heavy atom. The molecular weight excluding hydrogens is 685 g/mol. The molecule has 2 aromatic carbocycles. The number of hydrogen-bond donors (Lipinski definition) is 4. The number of halogens is 4. The second-order valence-corrected chi connectivity index (χ2v) is 15.0. The summed E-state index contributed by atoms with van der Waals surface area (Å²) >= 11 is 6.45. The molecule has 1 saturated heterocycles. The molecule has 0 aliphatic carbocycles. The van der Waals surface area contributed by atoms with E-state index in [1.165, 1.54) is 17.3 Å². The van der Waals surface area contributed by atoms with Gasteiger partial charge >= 0.3 is 12.1 Å². The Balaban J connectivity index is 0.000000838. The van der Waals surface area contributed by atoms with Crippen LogP contribution in [0.1, 0.15) is 64.0 Å². The zero-order valence-corrected chi connectivity index (χ0v) is 29.7. The van der Waals surface area contributed by atoms with E-state index in [1.54, 1.807) is 38.1 Å². The van der Waals surface area contributed by atoms with E-state index >= 15 is 0 Å². The largest absolute Gasteiger partial charge is 0.490 e. The fourth-order valence-electron chi connectivity index (χ4n) is 5.21. The van der Waals surface area contributed by atoms with E-state index in [0.717, 1.165) is 56.9 Å². The highest BCUT2D eigenvalue weighted by Gasteiger charge is 2.38. The number of alkyl halides is 3. The fourth-order valence-corrected chi connectivity index (χ4v) is 6.55. The number of likely N-dealkylation sites (tertiary alicyclic amines) is 1. The maximum Gasteiger partial charge on any atom is 0.490 e. The van der Waals surface area contributed by atoms with Crippen molar-refractivity contribution < 1.29 is 36.2 Å². The van der Waals surface area contributed by atoms with Crippen molar-refractivity contribution in [3.8, 4) is 5.75 Å². The lowest BCUT2D eigenvalue weighted by Gasteiger charge is -2.33. The molecule has 1 fully saturated rings. The molecule has 0 radical (unpaired) electrons. The van der Waals surface area contributed by atoms with Gasteiger partial charge in [-0.05, 0) is 121 Å². The van der Waals surface area contributed by atoms with E-state index in [2.05, 4.69) is 44.6 Å². The molecule has 5 N–H and O–H groups in total. The third-order valence-electron chi connectivity index (χ3n) is 7.74. The molecule has 0 saturated carbocycles. The quantitative estimate of drug-likeness (QED) is 0.151. The molecule has 2 heterocycles. The molecule has 0 unspecified atom stereocenters. The summed E-state index contributed by atoms with van der Waals surface area (Å²) in [6.07, 6.45) is -0.390. The second kappa shape index (κ2) is 17.3. The number of nitrogens with zero attached hydrogens (tertiary/aromatic N) is 3. The average Bonchev–Trinajstić information content (AvgIpc) is 3.03. The van der Waals surface area contributed by atoms with E-state index < -0.39 is 27.2 Å². The number of aryl methyl sites for hydroxylation is 1. The molecular formula is C33H44ClF3N6O5S. The highest BCUT2D eigenvalue weighted by atomic mass is 35.5. The summed E-state index contributed by atoms with van der Waals surface area (Å²) in [4.78, 5) is 20.6. The Labute approximate surface area is 290 Å². The lowest BCUT2D eigenvalue weighted by Crippen LogP contribution is -2.34. The Hall–Kier alpha value is -3.66. The van der Waals surface area contributed by atoms with Gasteiger partial charge < -0.3 is 31.1 Å². The van der Waals surface area contributed by atoms with Gasteiger partial charge in [0.25, 0.3) is 0 Å². The zero-order chi connectivity index (χ0) is 36.5. The summed E-state index contributed by atoms with van der Waals surface area (Å²) in [6.45, 7) is 13.4. The Bertz CT molecular complexity index is 1680. The van der Waals surface area contributed by atoms with Crippen LogP contribution in [0, 0.1) is 6.92 Å². The van der Waals surface area contributed by atoms with Crippen LogP contribution < -0.4 is 21.1 Å². The van der Waals surface area contributed by atoms with E-state index in [0.29, 0.717) is 23.4 Å². The molecule has 1 aliphatic rings. The van der Waals surface area contributed by atoms with E-state index in [-0.39, 0.29) is 16.0 Å². The molecule has 49 heavy (non-hydrogen) atoms. The summed E-state index contributed by atoms with van der Waals surface area (Å²) in [5, 5.41) is 13.2. The van der Waals surface area contributed by atoms with Gasteiger partial charge in [0, 0.05) is 0 Å². The van der Waals surface area contributed by atoms with Gasteiger partial charge in [-0.15, -0.1) is 0 Å². The minimum Gasteiger partial charge on any atom is -0.489 e. The third-order valence-corrected chi connectivity index (χ3v) is 10.2. The van der Waals surface area contributed by atoms with Crippen molar-refractivity contribution in [2.75, 3.05) is 36.8 Å².